The summed E-state index contributed by atoms with van der Waals surface area (Å²) >= 11 is 1.72. The van der Waals surface area contributed by atoms with Crippen LogP contribution in [0.3, 0.4) is 0 Å². The molecule has 0 saturated heterocycles. The molecule has 2 N–H and O–H groups in total. The van der Waals surface area contributed by atoms with Crippen LogP contribution in [0.15, 0.2) is 53.4 Å². The number of fused-ring (bicyclic) bond motifs is 1. The molecule has 22 heavy (non-hydrogen) atoms. The minimum atomic E-state index is -0.0404. The van der Waals surface area contributed by atoms with Crippen LogP contribution in [0.25, 0.3) is 0 Å². The number of hydrogen-bond acceptors (Lipinski definition) is 4. The van der Waals surface area contributed by atoms with Gasteiger partial charge in [0.2, 0.25) is 0 Å². The highest BCUT2D eigenvalue weighted by molar-refractivity contribution is 8.00. The van der Waals surface area contributed by atoms with Crippen LogP contribution in [0.1, 0.15) is 16.8 Å². The topological polar surface area (TPSA) is 52.6 Å². The molecule has 0 bridgehead atoms. The molecule has 1 aliphatic rings. The average Bonchev–Trinajstić information content (AvgIpc) is 2.83. The van der Waals surface area contributed by atoms with Gasteiger partial charge in [-0.2, -0.15) is 0 Å². The Hall–Kier alpha value is -2.14. The van der Waals surface area contributed by atoms with Crippen molar-refractivity contribution < 1.29 is 9.90 Å². The van der Waals surface area contributed by atoms with Gasteiger partial charge in [-0.25, -0.2) is 0 Å². The second kappa shape index (κ2) is 6.32. The summed E-state index contributed by atoms with van der Waals surface area (Å²) in [5, 5.41) is 12.8. The summed E-state index contributed by atoms with van der Waals surface area (Å²) in [6, 6.07) is 14.7. The number of hydrogen-bond donors (Lipinski definition) is 2. The number of aromatic hydroxyl groups is 1. The quantitative estimate of drug-likeness (QED) is 0.910. The number of amides is 1. The monoisotopic (exact) mass is 314 g/mol. The van der Waals surface area contributed by atoms with Gasteiger partial charge in [0.25, 0.3) is 5.91 Å². The minimum Gasteiger partial charge on any atom is -0.508 e. The number of rotatable bonds is 4. The van der Waals surface area contributed by atoms with Crippen molar-refractivity contribution in [3.63, 3.8) is 0 Å². The normalized spacial score (nSPS) is 16.4. The summed E-state index contributed by atoms with van der Waals surface area (Å²) < 4.78 is 0. The van der Waals surface area contributed by atoms with Crippen LogP contribution in [0.4, 0.5) is 5.69 Å². The predicted octanol–water partition coefficient (Wildman–Crippen LogP) is 3.08. The van der Waals surface area contributed by atoms with Crippen molar-refractivity contribution in [2.45, 2.75) is 16.7 Å². The molecule has 2 aromatic rings. The number of anilines is 1. The van der Waals surface area contributed by atoms with E-state index in [-0.39, 0.29) is 17.0 Å². The molecule has 4 nitrogen and oxygen atoms in total. The van der Waals surface area contributed by atoms with Crippen LogP contribution in [0.5, 0.6) is 5.75 Å². The fourth-order valence-corrected chi connectivity index (χ4v) is 3.84. The molecule has 0 fully saturated rings. The minimum absolute atomic E-state index is 0.0404. The van der Waals surface area contributed by atoms with E-state index in [0.717, 1.165) is 17.0 Å². The zero-order chi connectivity index (χ0) is 15.5. The highest BCUT2D eigenvalue weighted by Gasteiger charge is 2.27. The molecule has 0 saturated carbocycles. The second-order valence-corrected chi connectivity index (χ2v) is 6.47. The average molecular weight is 314 g/mol. The molecule has 1 amide bonds. The van der Waals surface area contributed by atoms with Crippen molar-refractivity contribution in [2.24, 2.45) is 0 Å². The van der Waals surface area contributed by atoms with Crippen molar-refractivity contribution >= 4 is 23.4 Å². The molecule has 0 spiro atoms. The van der Waals surface area contributed by atoms with Crippen LogP contribution in [-0.2, 0) is 0 Å². The standard InChI is InChI=1S/C17H18N2O2S/c1-19-14-8-7-13(20)11-15(14)22-16(19)9-10-18-17(21)12-5-3-2-4-6-12/h2-8,11,16,20H,9-10H2,1H3,(H,18,21). The molecule has 0 aliphatic carbocycles. The maximum Gasteiger partial charge on any atom is 0.251 e. The number of nitrogens with zero attached hydrogens (tertiary/aromatic N) is 1. The van der Waals surface area contributed by atoms with E-state index in [2.05, 4.69) is 10.2 Å². The van der Waals surface area contributed by atoms with Crippen molar-refractivity contribution in [3.8, 4) is 5.75 Å². The number of carbonyl (C=O) groups excluding carboxylic acids is 1. The van der Waals surface area contributed by atoms with E-state index in [0.29, 0.717) is 12.1 Å². The van der Waals surface area contributed by atoms with Crippen molar-refractivity contribution in [3.05, 3.63) is 54.1 Å². The first kappa shape index (κ1) is 14.8. The highest BCUT2D eigenvalue weighted by atomic mass is 32.2. The lowest BCUT2D eigenvalue weighted by Crippen LogP contribution is -2.31. The molecule has 1 aliphatic heterocycles. The van der Waals surface area contributed by atoms with Crippen LogP contribution < -0.4 is 10.2 Å². The Morgan fingerprint density at radius 1 is 1.27 bits per heavy atom. The molecule has 0 aromatic heterocycles. The Morgan fingerprint density at radius 2 is 2.05 bits per heavy atom. The second-order valence-electron chi connectivity index (χ2n) is 5.25. The highest BCUT2D eigenvalue weighted by Crippen LogP contribution is 2.44. The fourth-order valence-electron chi connectivity index (χ4n) is 2.52. The third-order valence-corrected chi connectivity index (χ3v) is 5.14. The first-order valence-electron chi connectivity index (χ1n) is 7.21. The zero-order valence-electron chi connectivity index (χ0n) is 12.3. The first-order chi connectivity index (χ1) is 10.6. The summed E-state index contributed by atoms with van der Waals surface area (Å²) in [6.07, 6.45) is 0.842. The van der Waals surface area contributed by atoms with Crippen molar-refractivity contribution in [1.29, 1.82) is 0 Å². The third kappa shape index (κ3) is 3.04. The number of phenolic OH excluding ortho intramolecular Hbond substituents is 1. The van der Waals surface area contributed by atoms with E-state index in [1.807, 2.05) is 43.4 Å². The van der Waals surface area contributed by atoms with Gasteiger partial charge in [0, 0.05) is 24.1 Å². The van der Waals surface area contributed by atoms with Crippen LogP contribution >= 0.6 is 11.8 Å². The fraction of sp³-hybridized carbons (Fsp3) is 0.235. The van der Waals surface area contributed by atoms with Gasteiger partial charge < -0.3 is 15.3 Å². The molecule has 2 aromatic carbocycles. The predicted molar refractivity (Wildman–Crippen MR) is 89.5 cm³/mol. The van der Waals surface area contributed by atoms with Crippen LogP contribution in [0.2, 0.25) is 0 Å². The van der Waals surface area contributed by atoms with Crippen molar-refractivity contribution in [2.75, 3.05) is 18.5 Å². The van der Waals surface area contributed by atoms with Gasteiger partial charge >= 0.3 is 0 Å². The lowest BCUT2D eigenvalue weighted by molar-refractivity contribution is 0.0953. The third-order valence-electron chi connectivity index (χ3n) is 3.73. The Morgan fingerprint density at radius 3 is 2.82 bits per heavy atom. The maximum absolute atomic E-state index is 12.0. The molecule has 1 atom stereocenters. The van der Waals surface area contributed by atoms with Gasteiger partial charge in [0.1, 0.15) is 5.75 Å². The lowest BCUT2D eigenvalue weighted by atomic mass is 10.2. The van der Waals surface area contributed by atoms with Gasteiger partial charge in [-0.3, -0.25) is 4.79 Å². The molecule has 0 radical (unpaired) electrons. The molecule has 114 valence electrons. The summed E-state index contributed by atoms with van der Waals surface area (Å²) in [4.78, 5) is 15.3. The largest absolute Gasteiger partial charge is 0.508 e. The molecule has 1 heterocycles. The van der Waals surface area contributed by atoms with Gasteiger partial charge in [0.15, 0.2) is 0 Å². The number of nitrogens with one attached hydrogen (secondary N) is 1. The molecule has 5 heteroatoms. The summed E-state index contributed by atoms with van der Waals surface area (Å²) in [7, 11) is 2.04. The Labute approximate surface area is 134 Å². The van der Waals surface area contributed by atoms with Crippen LogP contribution in [-0.4, -0.2) is 30.0 Å². The summed E-state index contributed by atoms with van der Waals surface area (Å²) in [6.45, 7) is 0.621. The number of carbonyl (C=O) groups is 1. The van der Waals surface area contributed by atoms with Gasteiger partial charge in [0.05, 0.1) is 11.1 Å². The Balaban J connectivity index is 1.54. The Bertz CT molecular complexity index is 676. The van der Waals surface area contributed by atoms with Crippen LogP contribution in [0, 0.1) is 0 Å². The maximum atomic E-state index is 12.0. The van der Waals surface area contributed by atoms with E-state index in [1.54, 1.807) is 23.9 Å². The van der Waals surface area contributed by atoms with E-state index in [4.69, 9.17) is 0 Å². The zero-order valence-corrected chi connectivity index (χ0v) is 13.1. The lowest BCUT2D eigenvalue weighted by Gasteiger charge is -2.21. The summed E-state index contributed by atoms with van der Waals surface area (Å²) in [5.74, 6) is 0.249. The van der Waals surface area contributed by atoms with Gasteiger partial charge in [-0.1, -0.05) is 30.0 Å². The number of benzene rings is 2. The van der Waals surface area contributed by atoms with E-state index < -0.39 is 0 Å². The molecule has 1 unspecified atom stereocenters. The Kier molecular flexibility index (Phi) is 4.24. The van der Waals surface area contributed by atoms with E-state index in [1.165, 1.54) is 0 Å². The van der Waals surface area contributed by atoms with Gasteiger partial charge in [-0.05, 0) is 36.8 Å². The molecule has 3 rings (SSSR count). The molecular weight excluding hydrogens is 296 g/mol. The number of thioether (sulfide) groups is 1. The van der Waals surface area contributed by atoms with E-state index in [9.17, 15) is 9.90 Å². The molecular formula is C17H18N2O2S. The smallest absolute Gasteiger partial charge is 0.251 e. The van der Waals surface area contributed by atoms with Crippen molar-refractivity contribution in [1.82, 2.24) is 5.32 Å². The SMILES string of the molecule is CN1c2ccc(O)cc2SC1CCNC(=O)c1ccccc1. The first-order valence-corrected chi connectivity index (χ1v) is 8.09. The summed E-state index contributed by atoms with van der Waals surface area (Å²) in [5.41, 5.74) is 1.81. The van der Waals surface area contributed by atoms with Gasteiger partial charge in [-0.15, -0.1) is 0 Å². The van der Waals surface area contributed by atoms with E-state index >= 15 is 0 Å². The number of phenols is 1.